The van der Waals surface area contributed by atoms with E-state index in [1.54, 1.807) is 42.5 Å². The Morgan fingerprint density at radius 1 is 0.731 bits per heavy atom. The standard InChI is InChI=1S/C35H51N9O8/c1-3-4-11-26(32(49)44-27(34(51)52)12-8-17-39-35(37)38)43-33(50)28(19-22-9-6-5-7-10-22)42-29(46)20-40-30(47)21(2)41-31(48)25(36)18-23-13-15-24(45)16-14-23/h5-7,9-10,13-16,21,25-28,45H,3-4,8,11-12,17-20,36H2,1-2H3,(H,40,47)(H,41,48)(H,42,46)(H,43,50)(H,44,49)(H,51,52)(H4,37,38,39)/t21-,25+,26+,27+,28+/m1/s1. The highest BCUT2D eigenvalue weighted by molar-refractivity contribution is 5.95. The van der Waals surface area contributed by atoms with Crippen LogP contribution in [0.15, 0.2) is 59.6 Å². The molecule has 0 fully saturated rings. The first-order valence-electron chi connectivity index (χ1n) is 17.0. The van der Waals surface area contributed by atoms with Crippen LogP contribution in [0.1, 0.15) is 57.1 Å². The zero-order valence-electron chi connectivity index (χ0n) is 29.5. The number of amides is 5. The Balaban J connectivity index is 2.05. The maximum atomic E-state index is 13.6. The number of hydrogen-bond acceptors (Lipinski definition) is 9. The number of aromatic hydroxyl groups is 1. The number of nitrogens with two attached hydrogens (primary N) is 3. The van der Waals surface area contributed by atoms with E-state index in [-0.39, 0.29) is 50.4 Å². The van der Waals surface area contributed by atoms with Gasteiger partial charge in [-0.05, 0) is 55.9 Å². The second-order valence-corrected chi connectivity index (χ2v) is 12.3. The predicted molar refractivity (Wildman–Crippen MR) is 193 cm³/mol. The number of phenolic OH excluding ortho intramolecular Hbond substituents is 1. The first kappa shape index (κ1) is 42.5. The number of benzene rings is 2. The molecule has 5 atom stereocenters. The number of phenols is 1. The van der Waals surface area contributed by atoms with Crippen LogP contribution in [-0.4, -0.2) is 95.0 Å². The average Bonchev–Trinajstić information content (AvgIpc) is 3.10. The summed E-state index contributed by atoms with van der Waals surface area (Å²) >= 11 is 0. The molecule has 52 heavy (non-hydrogen) atoms. The molecule has 284 valence electrons. The van der Waals surface area contributed by atoms with Gasteiger partial charge in [0.15, 0.2) is 5.96 Å². The van der Waals surface area contributed by atoms with Gasteiger partial charge in [-0.25, -0.2) is 4.79 Å². The summed E-state index contributed by atoms with van der Waals surface area (Å²) in [5.74, 6) is -4.71. The fourth-order valence-corrected chi connectivity index (χ4v) is 4.97. The minimum atomic E-state index is -1.26. The number of unbranched alkanes of at least 4 members (excludes halogenated alkanes) is 1. The maximum Gasteiger partial charge on any atom is 0.326 e. The zero-order valence-corrected chi connectivity index (χ0v) is 29.5. The number of nitrogens with zero attached hydrogens (tertiary/aromatic N) is 1. The zero-order chi connectivity index (χ0) is 38.6. The van der Waals surface area contributed by atoms with E-state index in [2.05, 4.69) is 31.6 Å². The number of carbonyl (C=O) groups is 6. The van der Waals surface area contributed by atoms with Crippen molar-refractivity contribution in [3.05, 3.63) is 65.7 Å². The van der Waals surface area contributed by atoms with Gasteiger partial charge in [-0.15, -0.1) is 0 Å². The summed E-state index contributed by atoms with van der Waals surface area (Å²) in [4.78, 5) is 80.9. The van der Waals surface area contributed by atoms with Gasteiger partial charge in [0.05, 0.1) is 12.6 Å². The molecule has 0 bridgehead atoms. The number of carbonyl (C=O) groups excluding carboxylic acids is 5. The highest BCUT2D eigenvalue weighted by Gasteiger charge is 2.30. The van der Waals surface area contributed by atoms with Crippen LogP contribution in [0, 0.1) is 0 Å². The molecule has 0 aromatic heterocycles. The highest BCUT2D eigenvalue weighted by Crippen LogP contribution is 2.11. The van der Waals surface area contributed by atoms with Crippen molar-refractivity contribution in [2.24, 2.45) is 22.2 Å². The molecule has 0 unspecified atom stereocenters. The molecule has 0 radical (unpaired) electrons. The van der Waals surface area contributed by atoms with Crippen molar-refractivity contribution in [1.82, 2.24) is 26.6 Å². The van der Waals surface area contributed by atoms with Crippen LogP contribution in [0.4, 0.5) is 0 Å². The van der Waals surface area contributed by atoms with E-state index in [1.165, 1.54) is 19.1 Å². The highest BCUT2D eigenvalue weighted by atomic mass is 16.4. The van der Waals surface area contributed by atoms with E-state index < -0.39 is 72.3 Å². The number of aliphatic imine (C=N–C) groups is 1. The van der Waals surface area contributed by atoms with Crippen LogP contribution in [0.3, 0.4) is 0 Å². The van der Waals surface area contributed by atoms with E-state index >= 15 is 0 Å². The SMILES string of the molecule is CCCC[C@H](NC(=O)[C@H](Cc1ccccc1)NC(=O)CNC(=O)[C@@H](C)NC(=O)[C@@H](N)Cc1ccc(O)cc1)C(=O)N[C@@H](CCCN=C(N)N)C(=O)O. The van der Waals surface area contributed by atoms with Gasteiger partial charge in [-0.1, -0.05) is 62.2 Å². The Labute approximate surface area is 302 Å². The summed E-state index contributed by atoms with van der Waals surface area (Å²) in [5.41, 5.74) is 18.0. The number of carboxylic acid groups (broad SMARTS) is 1. The van der Waals surface area contributed by atoms with Gasteiger partial charge in [0, 0.05) is 13.0 Å². The second kappa shape index (κ2) is 22.2. The molecule has 0 aliphatic rings. The molecule has 0 saturated carbocycles. The molecule has 0 spiro atoms. The molecule has 2 rings (SSSR count). The molecule has 5 amide bonds. The molecule has 0 heterocycles. The lowest BCUT2D eigenvalue weighted by atomic mass is 10.0. The van der Waals surface area contributed by atoms with Crippen molar-refractivity contribution >= 4 is 41.5 Å². The Morgan fingerprint density at radius 2 is 1.33 bits per heavy atom. The van der Waals surface area contributed by atoms with Crippen molar-refractivity contribution in [1.29, 1.82) is 0 Å². The number of nitrogens with one attached hydrogen (secondary N) is 5. The van der Waals surface area contributed by atoms with Crippen LogP contribution in [-0.2, 0) is 41.6 Å². The fraction of sp³-hybridized carbons (Fsp3) is 0.457. The van der Waals surface area contributed by atoms with Gasteiger partial charge < -0.3 is 54.0 Å². The second-order valence-electron chi connectivity index (χ2n) is 12.3. The van der Waals surface area contributed by atoms with Crippen molar-refractivity contribution in [2.75, 3.05) is 13.1 Å². The quantitative estimate of drug-likeness (QED) is 0.0395. The average molecular weight is 726 g/mol. The summed E-state index contributed by atoms with van der Waals surface area (Å²) < 4.78 is 0. The Kier molecular flexibility index (Phi) is 18.1. The minimum absolute atomic E-state index is 0.0413. The Bertz CT molecular complexity index is 1520. The van der Waals surface area contributed by atoms with E-state index in [0.29, 0.717) is 24.0 Å². The number of guanidine groups is 1. The third-order valence-corrected chi connectivity index (χ3v) is 7.88. The van der Waals surface area contributed by atoms with Gasteiger partial charge in [0.2, 0.25) is 29.5 Å². The van der Waals surface area contributed by atoms with Crippen LogP contribution in [0.25, 0.3) is 0 Å². The van der Waals surface area contributed by atoms with Crippen LogP contribution in [0.5, 0.6) is 5.75 Å². The Hall–Kier alpha value is -5.71. The lowest BCUT2D eigenvalue weighted by Crippen LogP contribution is -2.57. The van der Waals surface area contributed by atoms with Crippen molar-refractivity contribution in [3.8, 4) is 5.75 Å². The Morgan fingerprint density at radius 3 is 1.94 bits per heavy atom. The van der Waals surface area contributed by atoms with E-state index in [0.717, 1.165) is 0 Å². The largest absolute Gasteiger partial charge is 0.508 e. The van der Waals surface area contributed by atoms with Gasteiger partial charge in [-0.3, -0.25) is 29.0 Å². The fourth-order valence-electron chi connectivity index (χ4n) is 4.97. The number of aliphatic carboxylic acids is 1. The lowest BCUT2D eigenvalue weighted by molar-refractivity contribution is -0.142. The van der Waals surface area contributed by atoms with Gasteiger partial charge in [0.25, 0.3) is 0 Å². The molecular weight excluding hydrogens is 674 g/mol. The van der Waals surface area contributed by atoms with E-state index in [4.69, 9.17) is 17.2 Å². The van der Waals surface area contributed by atoms with Crippen LogP contribution < -0.4 is 43.8 Å². The number of carboxylic acids is 1. The van der Waals surface area contributed by atoms with E-state index in [1.807, 2.05) is 6.92 Å². The summed E-state index contributed by atoms with van der Waals surface area (Å²) in [5, 5.41) is 31.8. The van der Waals surface area contributed by atoms with Crippen molar-refractivity contribution < 1.29 is 39.0 Å². The molecule has 17 heteroatoms. The summed E-state index contributed by atoms with van der Waals surface area (Å²) in [6.07, 6.45) is 1.96. The normalized spacial score (nSPS) is 13.6. The summed E-state index contributed by atoms with van der Waals surface area (Å²) in [7, 11) is 0. The molecule has 2 aromatic carbocycles. The minimum Gasteiger partial charge on any atom is -0.508 e. The van der Waals surface area contributed by atoms with Crippen LogP contribution >= 0.6 is 0 Å². The molecule has 2 aromatic rings. The first-order valence-corrected chi connectivity index (χ1v) is 17.0. The summed E-state index contributed by atoms with van der Waals surface area (Å²) in [6, 6.07) is 9.44. The molecular formula is C35H51N9O8. The maximum absolute atomic E-state index is 13.6. The monoisotopic (exact) mass is 725 g/mol. The molecule has 13 N–H and O–H groups in total. The van der Waals surface area contributed by atoms with Crippen molar-refractivity contribution in [2.45, 2.75) is 89.0 Å². The lowest BCUT2D eigenvalue weighted by Gasteiger charge is -2.25. The number of rotatable bonds is 22. The van der Waals surface area contributed by atoms with Crippen molar-refractivity contribution in [3.63, 3.8) is 0 Å². The molecule has 17 nitrogen and oxygen atoms in total. The smallest absolute Gasteiger partial charge is 0.326 e. The summed E-state index contributed by atoms with van der Waals surface area (Å²) in [6.45, 7) is 2.95. The van der Waals surface area contributed by atoms with E-state index in [9.17, 15) is 39.0 Å². The third-order valence-electron chi connectivity index (χ3n) is 7.88. The van der Waals surface area contributed by atoms with Crippen LogP contribution in [0.2, 0.25) is 0 Å². The van der Waals surface area contributed by atoms with Gasteiger partial charge >= 0.3 is 5.97 Å². The molecule has 0 aliphatic carbocycles. The third kappa shape index (κ3) is 15.9. The topological polar surface area (TPSA) is 293 Å². The number of hydrogen-bond donors (Lipinski definition) is 10. The first-order chi connectivity index (χ1) is 24.7. The molecule has 0 saturated heterocycles. The van der Waals surface area contributed by atoms with Gasteiger partial charge in [0.1, 0.15) is 29.9 Å². The molecule has 0 aliphatic heterocycles. The predicted octanol–water partition coefficient (Wildman–Crippen LogP) is -1.09. The van der Waals surface area contributed by atoms with Gasteiger partial charge in [-0.2, -0.15) is 0 Å².